The third-order valence-electron chi connectivity index (χ3n) is 3.80. The summed E-state index contributed by atoms with van der Waals surface area (Å²) in [6, 6.07) is 12.1. The van der Waals surface area contributed by atoms with E-state index in [1.165, 1.54) is 0 Å². The van der Waals surface area contributed by atoms with Gasteiger partial charge in [0.25, 0.3) is 0 Å². The summed E-state index contributed by atoms with van der Waals surface area (Å²) in [5.41, 5.74) is 2.77. The maximum absolute atomic E-state index is 12.3. The summed E-state index contributed by atoms with van der Waals surface area (Å²) in [6.45, 7) is 1.53. The molecule has 2 rings (SSSR count). The third kappa shape index (κ3) is 5.12. The van der Waals surface area contributed by atoms with Crippen LogP contribution in [0.4, 0.5) is 17.1 Å². The van der Waals surface area contributed by atoms with Gasteiger partial charge in [-0.05, 0) is 48.9 Å². The Morgan fingerprint density at radius 2 is 1.65 bits per heavy atom. The SMILES string of the molecule is Cc1ccc(NC(=O)CN(c2ccc(N(C)C)cc2)S(C)(=O)=O)cc1Cl. The second-order valence-electron chi connectivity index (χ2n) is 6.19. The molecule has 0 spiro atoms. The van der Waals surface area contributed by atoms with Crippen LogP contribution in [0.25, 0.3) is 0 Å². The molecular formula is C18H22ClN3O3S. The van der Waals surface area contributed by atoms with Gasteiger partial charge in [0.1, 0.15) is 6.54 Å². The highest BCUT2D eigenvalue weighted by atomic mass is 35.5. The lowest BCUT2D eigenvalue weighted by Gasteiger charge is -2.23. The van der Waals surface area contributed by atoms with Crippen LogP contribution < -0.4 is 14.5 Å². The van der Waals surface area contributed by atoms with Crippen molar-refractivity contribution >= 4 is 44.6 Å². The molecule has 1 amide bonds. The molecule has 0 aliphatic rings. The maximum atomic E-state index is 12.3. The van der Waals surface area contributed by atoms with Gasteiger partial charge in [-0.15, -0.1) is 0 Å². The Morgan fingerprint density at radius 1 is 1.08 bits per heavy atom. The molecule has 2 aromatic rings. The van der Waals surface area contributed by atoms with Crippen molar-refractivity contribution in [1.82, 2.24) is 0 Å². The normalized spacial score (nSPS) is 11.1. The van der Waals surface area contributed by atoms with E-state index in [0.717, 1.165) is 21.8 Å². The number of carbonyl (C=O) groups excluding carboxylic acids is 1. The van der Waals surface area contributed by atoms with Crippen LogP contribution in [0.5, 0.6) is 0 Å². The van der Waals surface area contributed by atoms with Gasteiger partial charge in [-0.3, -0.25) is 9.10 Å². The minimum Gasteiger partial charge on any atom is -0.378 e. The van der Waals surface area contributed by atoms with E-state index in [9.17, 15) is 13.2 Å². The molecule has 0 saturated carbocycles. The van der Waals surface area contributed by atoms with E-state index in [1.807, 2.05) is 25.9 Å². The van der Waals surface area contributed by atoms with E-state index in [4.69, 9.17) is 11.6 Å². The zero-order valence-electron chi connectivity index (χ0n) is 15.2. The van der Waals surface area contributed by atoms with Crippen molar-refractivity contribution in [2.45, 2.75) is 6.92 Å². The van der Waals surface area contributed by atoms with Gasteiger partial charge >= 0.3 is 0 Å². The Kier molecular flexibility index (Phi) is 6.15. The summed E-state index contributed by atoms with van der Waals surface area (Å²) in [5.74, 6) is -0.452. The molecule has 0 atom stereocenters. The van der Waals surface area contributed by atoms with Crippen LogP contribution in [0.1, 0.15) is 5.56 Å². The van der Waals surface area contributed by atoms with Gasteiger partial charge in [0.2, 0.25) is 15.9 Å². The predicted octanol–water partition coefficient (Wildman–Crippen LogP) is 3.12. The Balaban J connectivity index is 2.19. The quantitative estimate of drug-likeness (QED) is 0.815. The number of anilines is 3. The second kappa shape index (κ2) is 7.97. The summed E-state index contributed by atoms with van der Waals surface area (Å²) in [7, 11) is 0.164. The lowest BCUT2D eigenvalue weighted by Crippen LogP contribution is -2.37. The number of rotatable bonds is 6. The summed E-state index contributed by atoms with van der Waals surface area (Å²) in [4.78, 5) is 14.3. The van der Waals surface area contributed by atoms with Crippen molar-refractivity contribution in [2.24, 2.45) is 0 Å². The van der Waals surface area contributed by atoms with E-state index in [0.29, 0.717) is 16.4 Å². The fourth-order valence-electron chi connectivity index (χ4n) is 2.32. The Bertz CT molecular complexity index is 896. The van der Waals surface area contributed by atoms with Gasteiger partial charge in [0.15, 0.2) is 0 Å². The van der Waals surface area contributed by atoms with Crippen molar-refractivity contribution in [2.75, 3.05) is 41.4 Å². The van der Waals surface area contributed by atoms with Gasteiger partial charge in [0.05, 0.1) is 11.9 Å². The molecular weight excluding hydrogens is 374 g/mol. The highest BCUT2D eigenvalue weighted by Crippen LogP contribution is 2.23. The third-order valence-corrected chi connectivity index (χ3v) is 5.35. The number of amides is 1. The molecule has 0 radical (unpaired) electrons. The molecule has 8 heteroatoms. The van der Waals surface area contributed by atoms with Crippen molar-refractivity contribution in [3.63, 3.8) is 0 Å². The number of sulfonamides is 1. The molecule has 140 valence electrons. The van der Waals surface area contributed by atoms with E-state index >= 15 is 0 Å². The van der Waals surface area contributed by atoms with Gasteiger partial charge in [0, 0.05) is 30.5 Å². The second-order valence-corrected chi connectivity index (χ2v) is 8.51. The van der Waals surface area contributed by atoms with Crippen LogP contribution >= 0.6 is 11.6 Å². The molecule has 2 aromatic carbocycles. The molecule has 6 nitrogen and oxygen atoms in total. The number of benzene rings is 2. The van der Waals surface area contributed by atoms with E-state index in [-0.39, 0.29) is 6.54 Å². The summed E-state index contributed by atoms with van der Waals surface area (Å²) in [6.07, 6.45) is 1.07. The number of hydrogen-bond donors (Lipinski definition) is 1. The number of nitrogens with zero attached hydrogens (tertiary/aromatic N) is 2. The summed E-state index contributed by atoms with van der Waals surface area (Å²) >= 11 is 6.05. The highest BCUT2D eigenvalue weighted by molar-refractivity contribution is 7.92. The predicted molar refractivity (Wildman–Crippen MR) is 108 cm³/mol. The molecule has 0 fully saturated rings. The average Bonchev–Trinajstić information content (AvgIpc) is 2.55. The van der Waals surface area contributed by atoms with Crippen LogP contribution in [-0.2, 0) is 14.8 Å². The highest BCUT2D eigenvalue weighted by Gasteiger charge is 2.21. The standard InChI is InChI=1S/C18H22ClN3O3S/c1-13-5-6-14(11-17(13)19)20-18(23)12-22(26(4,24)25)16-9-7-15(8-10-16)21(2)3/h5-11H,12H2,1-4H3,(H,20,23). The molecule has 0 aromatic heterocycles. The molecule has 0 heterocycles. The molecule has 1 N–H and O–H groups in total. The molecule has 0 aliphatic heterocycles. The number of carbonyl (C=O) groups is 1. The van der Waals surface area contributed by atoms with Crippen LogP contribution in [0, 0.1) is 6.92 Å². The molecule has 26 heavy (non-hydrogen) atoms. The fraction of sp³-hybridized carbons (Fsp3) is 0.278. The van der Waals surface area contributed by atoms with Crippen LogP contribution in [0.2, 0.25) is 5.02 Å². The van der Waals surface area contributed by atoms with Crippen LogP contribution in [0.3, 0.4) is 0 Å². The van der Waals surface area contributed by atoms with Gasteiger partial charge in [-0.1, -0.05) is 17.7 Å². The first-order valence-corrected chi connectivity index (χ1v) is 10.1. The molecule has 0 unspecified atom stereocenters. The van der Waals surface area contributed by atoms with E-state index < -0.39 is 15.9 Å². The number of halogens is 1. The van der Waals surface area contributed by atoms with Crippen LogP contribution in [-0.4, -0.2) is 41.2 Å². The van der Waals surface area contributed by atoms with Crippen molar-refractivity contribution in [3.8, 4) is 0 Å². The van der Waals surface area contributed by atoms with Gasteiger partial charge < -0.3 is 10.2 Å². The molecule has 0 bridgehead atoms. The van der Waals surface area contributed by atoms with Crippen molar-refractivity contribution in [1.29, 1.82) is 0 Å². The fourth-order valence-corrected chi connectivity index (χ4v) is 3.36. The summed E-state index contributed by atoms with van der Waals surface area (Å²) < 4.78 is 25.4. The summed E-state index contributed by atoms with van der Waals surface area (Å²) in [5, 5.41) is 3.20. The first-order chi connectivity index (χ1) is 12.1. The number of hydrogen-bond acceptors (Lipinski definition) is 4. The van der Waals surface area contributed by atoms with Crippen molar-refractivity contribution in [3.05, 3.63) is 53.1 Å². The Labute approximate surface area is 159 Å². The smallest absolute Gasteiger partial charge is 0.245 e. The first kappa shape index (κ1) is 20.1. The first-order valence-electron chi connectivity index (χ1n) is 7.89. The van der Waals surface area contributed by atoms with Gasteiger partial charge in [-0.25, -0.2) is 8.42 Å². The maximum Gasteiger partial charge on any atom is 0.245 e. The Morgan fingerprint density at radius 3 is 2.15 bits per heavy atom. The van der Waals surface area contributed by atoms with Crippen molar-refractivity contribution < 1.29 is 13.2 Å². The number of aryl methyl sites for hydroxylation is 1. The molecule has 0 aliphatic carbocycles. The zero-order chi connectivity index (χ0) is 19.5. The van der Waals surface area contributed by atoms with E-state index in [1.54, 1.807) is 42.5 Å². The lowest BCUT2D eigenvalue weighted by molar-refractivity contribution is -0.114. The largest absolute Gasteiger partial charge is 0.378 e. The van der Waals surface area contributed by atoms with Crippen LogP contribution in [0.15, 0.2) is 42.5 Å². The van der Waals surface area contributed by atoms with Gasteiger partial charge in [-0.2, -0.15) is 0 Å². The minimum atomic E-state index is -3.62. The number of nitrogens with one attached hydrogen (secondary N) is 1. The topological polar surface area (TPSA) is 69.7 Å². The Hall–Kier alpha value is -2.25. The zero-order valence-corrected chi connectivity index (χ0v) is 16.7. The average molecular weight is 396 g/mol. The molecule has 0 saturated heterocycles. The minimum absolute atomic E-state index is 0.328. The van der Waals surface area contributed by atoms with E-state index in [2.05, 4.69) is 5.32 Å². The lowest BCUT2D eigenvalue weighted by atomic mass is 10.2. The monoisotopic (exact) mass is 395 g/mol.